The van der Waals surface area contributed by atoms with Crippen LogP contribution in [-0.2, 0) is 10.5 Å². The van der Waals surface area contributed by atoms with Crippen LogP contribution in [0.1, 0.15) is 35.2 Å². The summed E-state index contributed by atoms with van der Waals surface area (Å²) in [5.41, 5.74) is 5.78. The number of hydrogen-bond donors (Lipinski definition) is 2. The summed E-state index contributed by atoms with van der Waals surface area (Å²) in [5.74, 6) is 1.97. The number of carbonyl (C=O) groups is 1. The van der Waals surface area contributed by atoms with Gasteiger partial charge in [0.15, 0.2) is 11.5 Å². The van der Waals surface area contributed by atoms with E-state index in [1.165, 1.54) is 11.8 Å². The number of methoxy groups -OCH3 is 2. The molecule has 0 saturated heterocycles. The lowest BCUT2D eigenvalue weighted by molar-refractivity contribution is -0.113. The molecule has 1 unspecified atom stereocenters. The summed E-state index contributed by atoms with van der Waals surface area (Å²) in [6.07, 6.45) is 0. The van der Waals surface area contributed by atoms with Crippen LogP contribution < -0.4 is 20.1 Å². The van der Waals surface area contributed by atoms with Crippen molar-refractivity contribution < 1.29 is 14.3 Å². The Balaban J connectivity index is 1.57. The predicted octanol–water partition coefficient (Wildman–Crippen LogP) is 7.55. The van der Waals surface area contributed by atoms with Gasteiger partial charge in [0.05, 0.1) is 24.3 Å². The third-order valence-corrected chi connectivity index (χ3v) is 8.64. The van der Waals surface area contributed by atoms with Crippen LogP contribution >= 0.6 is 39.3 Å². The van der Waals surface area contributed by atoms with Crippen molar-refractivity contribution in [2.75, 3.05) is 24.9 Å². The van der Waals surface area contributed by atoms with E-state index < -0.39 is 6.04 Å². The van der Waals surface area contributed by atoms with Gasteiger partial charge in [-0.3, -0.25) is 4.79 Å². The van der Waals surface area contributed by atoms with Crippen molar-refractivity contribution in [3.8, 4) is 11.5 Å². The van der Waals surface area contributed by atoms with E-state index in [1.54, 1.807) is 18.9 Å². The van der Waals surface area contributed by atoms with Crippen molar-refractivity contribution in [1.82, 2.24) is 14.8 Å². The maximum atomic E-state index is 14.0. The summed E-state index contributed by atoms with van der Waals surface area (Å²) in [6, 6.07) is 16.8. The van der Waals surface area contributed by atoms with Crippen molar-refractivity contribution in [2.24, 2.45) is 0 Å². The first kappa shape index (κ1) is 29.0. The highest BCUT2D eigenvalue weighted by atomic mass is 79.9. The van der Waals surface area contributed by atoms with Gasteiger partial charge >= 0.3 is 0 Å². The molecule has 5 rings (SSSR count). The number of thioether (sulfide) groups is 1. The molecule has 3 aromatic carbocycles. The zero-order valence-electron chi connectivity index (χ0n) is 23.2. The van der Waals surface area contributed by atoms with Gasteiger partial charge in [-0.15, -0.1) is 5.10 Å². The van der Waals surface area contributed by atoms with E-state index in [0.29, 0.717) is 49.1 Å². The highest BCUT2D eigenvalue weighted by Gasteiger charge is 2.35. The number of rotatable bonds is 8. The zero-order valence-corrected chi connectivity index (χ0v) is 26.4. The van der Waals surface area contributed by atoms with Crippen molar-refractivity contribution in [3.05, 3.63) is 97.6 Å². The standard InChI is InChI=1S/C30H29BrClN5O3S/c1-16-10-11-23(17(2)12-16)34-28(38)25-18(3)33-29-35-30(41-15-19-8-6-7-9-22(19)32)36-37(29)26(25)20-13-21(31)27(40-5)24(14-20)39-4/h6-14,26H,15H2,1-5H3,(H,34,38)(H,33,35,36). The SMILES string of the molecule is COc1cc(C2C(C(=O)Nc3ccc(C)cc3C)=C(C)Nc3nc(SCc4ccccc4Cl)nn32)cc(Br)c1OC. The lowest BCUT2D eigenvalue weighted by Crippen LogP contribution is -2.31. The Morgan fingerprint density at radius 2 is 1.90 bits per heavy atom. The monoisotopic (exact) mass is 653 g/mol. The Kier molecular flexibility index (Phi) is 8.63. The first-order valence-corrected chi connectivity index (χ1v) is 15.0. The molecule has 0 radical (unpaired) electrons. The fourth-order valence-electron chi connectivity index (χ4n) is 4.79. The molecule has 0 fully saturated rings. The Labute approximate surface area is 256 Å². The molecule has 1 aromatic heterocycles. The summed E-state index contributed by atoms with van der Waals surface area (Å²) in [6.45, 7) is 5.87. The number of amides is 1. The van der Waals surface area contributed by atoms with Gasteiger partial charge in [0.1, 0.15) is 6.04 Å². The van der Waals surface area contributed by atoms with E-state index in [4.69, 9.17) is 31.2 Å². The van der Waals surface area contributed by atoms with Crippen LogP contribution in [0.4, 0.5) is 11.6 Å². The van der Waals surface area contributed by atoms with E-state index in [-0.39, 0.29) is 5.91 Å². The van der Waals surface area contributed by atoms with Crippen LogP contribution in [0.5, 0.6) is 11.5 Å². The van der Waals surface area contributed by atoms with Crippen molar-refractivity contribution in [1.29, 1.82) is 0 Å². The lowest BCUT2D eigenvalue weighted by atomic mass is 9.94. The number of nitrogens with zero attached hydrogens (tertiary/aromatic N) is 3. The predicted molar refractivity (Wildman–Crippen MR) is 167 cm³/mol. The van der Waals surface area contributed by atoms with Crippen LogP contribution in [0.15, 0.2) is 75.5 Å². The van der Waals surface area contributed by atoms with Gasteiger partial charge in [0.25, 0.3) is 5.91 Å². The molecule has 1 amide bonds. The molecule has 0 spiro atoms. The van der Waals surface area contributed by atoms with Gasteiger partial charge in [-0.05, 0) is 77.7 Å². The quantitative estimate of drug-likeness (QED) is 0.190. The summed E-state index contributed by atoms with van der Waals surface area (Å²) >= 11 is 11.5. The fraction of sp³-hybridized carbons (Fsp3) is 0.233. The maximum Gasteiger partial charge on any atom is 0.255 e. The number of ether oxygens (including phenoxy) is 2. The Bertz CT molecular complexity index is 1670. The van der Waals surface area contributed by atoms with Crippen LogP contribution in [-0.4, -0.2) is 34.9 Å². The number of hydrogen-bond acceptors (Lipinski definition) is 7. The van der Waals surface area contributed by atoms with Gasteiger partial charge in [-0.25, -0.2) is 4.68 Å². The van der Waals surface area contributed by atoms with E-state index in [1.807, 2.05) is 75.4 Å². The Morgan fingerprint density at radius 1 is 1.12 bits per heavy atom. The molecule has 1 aliphatic heterocycles. The third kappa shape index (κ3) is 5.95. The van der Waals surface area contributed by atoms with Crippen molar-refractivity contribution in [2.45, 2.75) is 37.7 Å². The molecule has 0 bridgehead atoms. The number of benzene rings is 3. The average molecular weight is 655 g/mol. The first-order chi connectivity index (χ1) is 19.7. The minimum absolute atomic E-state index is 0.246. The van der Waals surface area contributed by atoms with E-state index in [0.717, 1.165) is 27.9 Å². The summed E-state index contributed by atoms with van der Waals surface area (Å²) in [4.78, 5) is 18.7. The zero-order chi connectivity index (χ0) is 29.3. The summed E-state index contributed by atoms with van der Waals surface area (Å²) < 4.78 is 13.6. The normalized spacial score (nSPS) is 14.4. The van der Waals surface area contributed by atoms with Gasteiger partial charge in [0, 0.05) is 22.2 Å². The molecular weight excluding hydrogens is 626 g/mol. The lowest BCUT2D eigenvalue weighted by Gasteiger charge is -2.29. The highest BCUT2D eigenvalue weighted by Crippen LogP contribution is 2.43. The second kappa shape index (κ2) is 12.2. The first-order valence-electron chi connectivity index (χ1n) is 12.8. The molecule has 11 heteroatoms. The molecule has 4 aromatic rings. The van der Waals surface area contributed by atoms with E-state index >= 15 is 0 Å². The highest BCUT2D eigenvalue weighted by molar-refractivity contribution is 9.10. The molecule has 0 saturated carbocycles. The van der Waals surface area contributed by atoms with Crippen LogP contribution in [0.2, 0.25) is 5.02 Å². The molecule has 212 valence electrons. The van der Waals surface area contributed by atoms with Crippen LogP contribution in [0.3, 0.4) is 0 Å². The number of aromatic nitrogens is 3. The topological polar surface area (TPSA) is 90.3 Å². The average Bonchev–Trinajstić information content (AvgIpc) is 3.35. The number of aryl methyl sites for hydroxylation is 2. The Morgan fingerprint density at radius 3 is 2.61 bits per heavy atom. The molecule has 8 nitrogen and oxygen atoms in total. The molecular formula is C30H29BrClN5O3S. The number of halogens is 2. The summed E-state index contributed by atoms with van der Waals surface area (Å²) in [5, 5.41) is 12.5. The molecule has 2 N–H and O–H groups in total. The second-order valence-corrected chi connectivity index (χ2v) is 11.8. The molecule has 0 aliphatic carbocycles. The minimum atomic E-state index is -0.602. The number of carbonyl (C=O) groups excluding carboxylic acids is 1. The number of fused-ring (bicyclic) bond motifs is 1. The van der Waals surface area contributed by atoms with Crippen molar-refractivity contribution >= 4 is 56.8 Å². The molecule has 1 atom stereocenters. The smallest absolute Gasteiger partial charge is 0.255 e. The summed E-state index contributed by atoms with van der Waals surface area (Å²) in [7, 11) is 3.16. The number of anilines is 2. The van der Waals surface area contributed by atoms with Crippen LogP contribution in [0, 0.1) is 13.8 Å². The molecule has 1 aliphatic rings. The van der Waals surface area contributed by atoms with Gasteiger partial charge in [-0.1, -0.05) is 59.3 Å². The maximum absolute atomic E-state index is 14.0. The van der Waals surface area contributed by atoms with Crippen molar-refractivity contribution in [3.63, 3.8) is 0 Å². The van der Waals surface area contributed by atoms with Crippen LogP contribution in [0.25, 0.3) is 0 Å². The minimum Gasteiger partial charge on any atom is -0.493 e. The second-order valence-electron chi connectivity index (χ2n) is 9.62. The van der Waals surface area contributed by atoms with Gasteiger partial charge < -0.3 is 20.1 Å². The number of nitrogens with one attached hydrogen (secondary N) is 2. The van der Waals surface area contributed by atoms with Gasteiger partial charge in [0.2, 0.25) is 11.1 Å². The largest absolute Gasteiger partial charge is 0.493 e. The van der Waals surface area contributed by atoms with Gasteiger partial charge in [-0.2, -0.15) is 4.98 Å². The fourth-order valence-corrected chi connectivity index (χ4v) is 6.53. The number of allylic oxidation sites excluding steroid dienone is 1. The van der Waals surface area contributed by atoms with E-state index in [9.17, 15) is 4.79 Å². The third-order valence-electron chi connectivity index (χ3n) is 6.79. The molecule has 2 heterocycles. The Hall–Kier alpha value is -3.47. The molecule has 41 heavy (non-hydrogen) atoms. The van der Waals surface area contributed by atoms with E-state index in [2.05, 4.69) is 26.6 Å².